The lowest BCUT2D eigenvalue weighted by atomic mass is 10.1. The molecule has 0 radical (unpaired) electrons. The average Bonchev–Trinajstić information content (AvgIpc) is 3.45. The van der Waals surface area contributed by atoms with Crippen LogP contribution in [-0.4, -0.2) is 19.6 Å². The number of hydrogen-bond acceptors (Lipinski definition) is 4. The van der Waals surface area contributed by atoms with Gasteiger partial charge in [-0.1, -0.05) is 107 Å². The van der Waals surface area contributed by atoms with E-state index in [1.807, 2.05) is 54.0 Å². The molecule has 1 heterocycles. The minimum atomic E-state index is -0.161. The zero-order valence-corrected chi connectivity index (χ0v) is 26.0. The van der Waals surface area contributed by atoms with Crippen molar-refractivity contribution in [1.82, 2.24) is 0 Å². The van der Waals surface area contributed by atoms with Crippen LogP contribution in [0.25, 0.3) is 0 Å². The van der Waals surface area contributed by atoms with Gasteiger partial charge in [0.05, 0.1) is 24.8 Å². The molecule has 214 valence electrons. The van der Waals surface area contributed by atoms with E-state index in [0.717, 1.165) is 24.9 Å². The van der Waals surface area contributed by atoms with Crippen molar-refractivity contribution in [2.45, 2.75) is 90.5 Å². The molecule has 0 bridgehead atoms. The van der Waals surface area contributed by atoms with Crippen LogP contribution in [0.5, 0.6) is 11.5 Å². The van der Waals surface area contributed by atoms with Crippen LogP contribution < -0.4 is 36.3 Å². The topological polar surface area (TPSA) is 51.4 Å². The van der Waals surface area contributed by atoms with Crippen LogP contribution in [0.2, 0.25) is 0 Å². The number of nitrogens with zero attached hydrogens (tertiary/aromatic N) is 1. The number of carbonyl (C=O) groups excluding carboxylic acids is 1. The van der Waals surface area contributed by atoms with Crippen molar-refractivity contribution in [1.29, 1.82) is 0 Å². The Morgan fingerprint density at radius 1 is 0.897 bits per heavy atom. The molecule has 0 saturated heterocycles. The van der Waals surface area contributed by atoms with Gasteiger partial charge in [0, 0.05) is 11.1 Å². The largest absolute Gasteiger partial charge is 1.00 e. The maximum absolute atomic E-state index is 13.1. The number of carbonyl (C=O) groups is 1. The van der Waals surface area contributed by atoms with Crippen molar-refractivity contribution in [3.63, 3.8) is 0 Å². The van der Waals surface area contributed by atoms with E-state index in [0.29, 0.717) is 29.4 Å². The van der Waals surface area contributed by atoms with Crippen LogP contribution in [0.1, 0.15) is 99.9 Å². The van der Waals surface area contributed by atoms with Crippen molar-refractivity contribution in [2.75, 3.05) is 19.0 Å². The first-order valence-electron chi connectivity index (χ1n) is 14.3. The van der Waals surface area contributed by atoms with Gasteiger partial charge in [-0.2, -0.15) is 4.57 Å². The van der Waals surface area contributed by atoms with Crippen LogP contribution >= 0.6 is 11.3 Å². The minimum absolute atomic E-state index is 0. The zero-order chi connectivity index (χ0) is 26.8. The first-order chi connectivity index (χ1) is 18.7. The van der Waals surface area contributed by atoms with Crippen molar-refractivity contribution in [2.24, 2.45) is 0 Å². The number of thiazole rings is 1. The summed E-state index contributed by atoms with van der Waals surface area (Å²) in [6, 6.07) is 13.3. The number of anilines is 1. The molecule has 0 spiro atoms. The Kier molecular flexibility index (Phi) is 16.5. The summed E-state index contributed by atoms with van der Waals surface area (Å²) in [6.07, 6.45) is 17.7. The molecule has 0 aliphatic carbocycles. The first-order valence-corrected chi connectivity index (χ1v) is 15.3. The van der Waals surface area contributed by atoms with E-state index in [1.165, 1.54) is 64.2 Å². The predicted octanol–water partition coefficient (Wildman–Crippen LogP) is 5.43. The van der Waals surface area contributed by atoms with Crippen molar-refractivity contribution in [3.8, 4) is 11.5 Å². The molecule has 0 fully saturated rings. The molecule has 3 aromatic rings. The molecule has 7 heteroatoms. The molecule has 1 N–H and O–H groups in total. The van der Waals surface area contributed by atoms with E-state index in [9.17, 15) is 4.79 Å². The third kappa shape index (κ3) is 12.1. The standard InChI is InChI=1S/C32H44N2O3S.BrH/c1-3-4-5-6-7-8-9-10-11-12-13-14-22-37-31-29(19-16-20-30(31)36-2)33-32(35)28-18-15-17-27(24-28)25-34-21-23-38-26-34;/h15-21,23-24,26H,3-14,22,25H2,1-2H3;1H. The molecule has 0 saturated carbocycles. The molecule has 0 aliphatic heterocycles. The highest BCUT2D eigenvalue weighted by molar-refractivity contribution is 7.07. The van der Waals surface area contributed by atoms with Crippen LogP contribution in [0.4, 0.5) is 5.69 Å². The van der Waals surface area contributed by atoms with E-state index < -0.39 is 0 Å². The number of methoxy groups -OCH3 is 1. The van der Waals surface area contributed by atoms with Crippen LogP contribution in [0, 0.1) is 0 Å². The minimum Gasteiger partial charge on any atom is -1.00 e. The molecule has 3 rings (SSSR count). The number of nitrogens with one attached hydrogen (secondary N) is 1. The van der Waals surface area contributed by atoms with Gasteiger partial charge in [0.25, 0.3) is 5.91 Å². The number of aromatic nitrogens is 1. The maximum Gasteiger partial charge on any atom is 0.255 e. The Balaban J connectivity index is 0.00000533. The monoisotopic (exact) mass is 616 g/mol. The van der Waals surface area contributed by atoms with Crippen molar-refractivity contribution in [3.05, 3.63) is 70.7 Å². The Bertz CT molecular complexity index is 1080. The lowest BCUT2D eigenvalue weighted by molar-refractivity contribution is -0.683. The highest BCUT2D eigenvalue weighted by Crippen LogP contribution is 2.35. The van der Waals surface area contributed by atoms with Crippen LogP contribution in [0.15, 0.2) is 59.6 Å². The average molecular weight is 618 g/mol. The molecule has 0 aliphatic rings. The van der Waals surface area contributed by atoms with Gasteiger partial charge in [-0.3, -0.25) is 4.79 Å². The Morgan fingerprint density at radius 2 is 1.56 bits per heavy atom. The molecular formula is C32H45BrN2O3S. The summed E-state index contributed by atoms with van der Waals surface area (Å²) in [5, 5.41) is 5.08. The maximum atomic E-state index is 13.1. The van der Waals surface area contributed by atoms with Gasteiger partial charge in [0.2, 0.25) is 5.51 Å². The summed E-state index contributed by atoms with van der Waals surface area (Å²) in [5.74, 6) is 1.06. The van der Waals surface area contributed by atoms with E-state index in [2.05, 4.69) is 22.3 Å². The number of benzene rings is 2. The molecule has 39 heavy (non-hydrogen) atoms. The van der Waals surface area contributed by atoms with Gasteiger partial charge in [0.1, 0.15) is 0 Å². The number of amides is 1. The highest BCUT2D eigenvalue weighted by Gasteiger charge is 2.15. The first kappa shape index (κ1) is 32.8. The summed E-state index contributed by atoms with van der Waals surface area (Å²) in [5.41, 5.74) is 4.39. The van der Waals surface area contributed by atoms with Gasteiger partial charge in [-0.25, -0.2) is 0 Å². The SMILES string of the molecule is CCCCCCCCCCCCCCOc1c(NC(=O)c2cccc(C[n+]3ccsc3)c2)cccc1OC.[Br-]. The predicted molar refractivity (Wildman–Crippen MR) is 158 cm³/mol. The Morgan fingerprint density at radius 3 is 2.21 bits per heavy atom. The molecule has 2 aromatic carbocycles. The van der Waals surface area contributed by atoms with Gasteiger partial charge in [-0.15, -0.1) is 0 Å². The Labute approximate surface area is 249 Å². The smallest absolute Gasteiger partial charge is 0.255 e. The van der Waals surface area contributed by atoms with E-state index in [1.54, 1.807) is 18.4 Å². The molecular weight excluding hydrogens is 572 g/mol. The number of unbranched alkanes of at least 4 members (excludes halogenated alkanes) is 11. The summed E-state index contributed by atoms with van der Waals surface area (Å²) in [6.45, 7) is 3.61. The van der Waals surface area contributed by atoms with Gasteiger partial charge >= 0.3 is 0 Å². The third-order valence-corrected chi connectivity index (χ3v) is 7.44. The lowest BCUT2D eigenvalue weighted by Crippen LogP contribution is -3.00. The van der Waals surface area contributed by atoms with Gasteiger partial charge in [0.15, 0.2) is 24.2 Å². The van der Waals surface area contributed by atoms with Gasteiger partial charge < -0.3 is 31.8 Å². The molecule has 0 unspecified atom stereocenters. The summed E-state index contributed by atoms with van der Waals surface area (Å²) < 4.78 is 13.8. The normalized spacial score (nSPS) is 10.6. The molecule has 1 aromatic heterocycles. The van der Waals surface area contributed by atoms with Gasteiger partial charge in [-0.05, 0) is 30.7 Å². The summed E-state index contributed by atoms with van der Waals surface area (Å²) in [4.78, 5) is 13.1. The summed E-state index contributed by atoms with van der Waals surface area (Å²) >= 11 is 1.65. The van der Waals surface area contributed by atoms with E-state index >= 15 is 0 Å². The second-order valence-corrected chi connectivity index (χ2v) is 10.7. The lowest BCUT2D eigenvalue weighted by Gasteiger charge is -2.16. The number of rotatable bonds is 19. The number of ether oxygens (including phenoxy) is 2. The fourth-order valence-corrected chi connectivity index (χ4v) is 5.21. The quantitative estimate of drug-likeness (QED) is 0.144. The van der Waals surface area contributed by atoms with E-state index in [-0.39, 0.29) is 22.9 Å². The van der Waals surface area contributed by atoms with Crippen molar-refractivity contribution < 1.29 is 35.8 Å². The highest BCUT2D eigenvalue weighted by atomic mass is 79.9. The zero-order valence-electron chi connectivity index (χ0n) is 23.6. The number of para-hydroxylation sites is 1. The van der Waals surface area contributed by atoms with Crippen LogP contribution in [0.3, 0.4) is 0 Å². The molecule has 5 nitrogen and oxygen atoms in total. The second-order valence-electron chi connectivity index (χ2n) is 9.93. The fraction of sp³-hybridized carbons (Fsp3) is 0.500. The third-order valence-electron chi connectivity index (χ3n) is 6.77. The van der Waals surface area contributed by atoms with Crippen molar-refractivity contribution >= 4 is 22.9 Å². The second kappa shape index (κ2) is 19.6. The fourth-order valence-electron chi connectivity index (χ4n) is 4.61. The number of halogens is 1. The molecule has 0 atom stereocenters. The van der Waals surface area contributed by atoms with E-state index in [4.69, 9.17) is 9.47 Å². The Hall–Kier alpha value is -2.38. The molecule has 1 amide bonds. The van der Waals surface area contributed by atoms with Crippen LogP contribution in [-0.2, 0) is 6.54 Å². The number of hydrogen-bond donors (Lipinski definition) is 1. The summed E-state index contributed by atoms with van der Waals surface area (Å²) in [7, 11) is 1.63.